The number of aromatic amines is 1. The molecule has 2 heterocycles. The third-order valence-corrected chi connectivity index (χ3v) is 2.11. The van der Waals surface area contributed by atoms with Gasteiger partial charge < -0.3 is 10.5 Å². The number of nitrogens with zero attached hydrogens (tertiary/aromatic N) is 1. The van der Waals surface area contributed by atoms with E-state index in [-0.39, 0.29) is 17.4 Å². The summed E-state index contributed by atoms with van der Waals surface area (Å²) < 4.78 is 5.39. The monoisotopic (exact) mass is 181 g/mol. The molecule has 2 rings (SSSR count). The fourth-order valence-electron chi connectivity index (χ4n) is 1.41. The molecule has 3 N–H and O–H groups in total. The molecule has 1 unspecified atom stereocenters. The maximum atomic E-state index is 10.9. The highest BCUT2D eigenvalue weighted by atomic mass is 16.5. The lowest BCUT2D eigenvalue weighted by atomic mass is 10.2. The van der Waals surface area contributed by atoms with Crippen LogP contribution >= 0.6 is 0 Å². The summed E-state index contributed by atoms with van der Waals surface area (Å²) in [5.41, 5.74) is 6.02. The highest BCUT2D eigenvalue weighted by Crippen LogP contribution is 2.26. The maximum Gasteiger partial charge on any atom is 0.287 e. The van der Waals surface area contributed by atoms with Crippen molar-refractivity contribution >= 4 is 5.69 Å². The first-order valence-corrected chi connectivity index (χ1v) is 4.24. The molecule has 0 amide bonds. The molecule has 1 aromatic rings. The Hall–Kier alpha value is -1.36. The zero-order valence-electron chi connectivity index (χ0n) is 7.12. The second-order valence-electron chi connectivity index (χ2n) is 3.08. The molecule has 70 valence electrons. The van der Waals surface area contributed by atoms with E-state index in [1.165, 1.54) is 0 Å². The van der Waals surface area contributed by atoms with Gasteiger partial charge in [-0.3, -0.25) is 4.79 Å². The van der Waals surface area contributed by atoms with Gasteiger partial charge in [0.05, 0.1) is 5.69 Å². The van der Waals surface area contributed by atoms with Gasteiger partial charge in [0.1, 0.15) is 11.8 Å². The molecule has 1 fully saturated rings. The average molecular weight is 181 g/mol. The van der Waals surface area contributed by atoms with Crippen LogP contribution in [-0.4, -0.2) is 16.8 Å². The van der Waals surface area contributed by atoms with Gasteiger partial charge >= 0.3 is 0 Å². The predicted octanol–water partition coefficient (Wildman–Crippen LogP) is 0.204. The number of nitrogens with one attached hydrogen (secondary N) is 1. The van der Waals surface area contributed by atoms with Gasteiger partial charge in [-0.15, -0.1) is 0 Å². The van der Waals surface area contributed by atoms with E-state index in [0.29, 0.717) is 0 Å². The lowest BCUT2D eigenvalue weighted by molar-refractivity contribution is 0.108. The average Bonchev–Trinajstić information content (AvgIpc) is 2.62. The summed E-state index contributed by atoms with van der Waals surface area (Å²) in [6.07, 6.45) is 1.98. The molecule has 1 atom stereocenters. The van der Waals surface area contributed by atoms with Crippen LogP contribution in [0, 0.1) is 0 Å². The zero-order valence-corrected chi connectivity index (χ0v) is 7.12. The summed E-state index contributed by atoms with van der Waals surface area (Å²) in [7, 11) is 0. The number of rotatable bonds is 1. The minimum Gasteiger partial charge on any atom is -0.394 e. The molecule has 1 aromatic heterocycles. The minimum atomic E-state index is -0.346. The minimum absolute atomic E-state index is 0.000787. The van der Waals surface area contributed by atoms with E-state index < -0.39 is 0 Å². The topological polar surface area (TPSA) is 81.0 Å². The largest absolute Gasteiger partial charge is 0.394 e. The number of nitrogen functional groups attached to an aromatic ring is 1. The third-order valence-electron chi connectivity index (χ3n) is 2.11. The van der Waals surface area contributed by atoms with Crippen LogP contribution in [0.3, 0.4) is 0 Å². The predicted molar refractivity (Wildman–Crippen MR) is 47.2 cm³/mol. The Labute approximate surface area is 74.9 Å². The van der Waals surface area contributed by atoms with Gasteiger partial charge in [-0.05, 0) is 18.9 Å². The molecule has 0 aliphatic carbocycles. The smallest absolute Gasteiger partial charge is 0.287 e. The van der Waals surface area contributed by atoms with E-state index in [0.717, 1.165) is 25.1 Å². The number of hydrogen-bond donors (Lipinski definition) is 2. The van der Waals surface area contributed by atoms with Crippen molar-refractivity contribution in [1.29, 1.82) is 0 Å². The van der Waals surface area contributed by atoms with Crippen LogP contribution in [-0.2, 0) is 4.74 Å². The second-order valence-corrected chi connectivity index (χ2v) is 3.08. The number of nitrogens with two attached hydrogens (primary N) is 1. The van der Waals surface area contributed by atoms with Gasteiger partial charge in [-0.2, -0.15) is 5.10 Å². The summed E-state index contributed by atoms with van der Waals surface area (Å²) in [5.74, 6) is 0. The van der Waals surface area contributed by atoms with Crippen molar-refractivity contribution in [2.75, 3.05) is 12.3 Å². The highest BCUT2D eigenvalue weighted by molar-refractivity contribution is 5.35. The van der Waals surface area contributed by atoms with Crippen molar-refractivity contribution in [3.63, 3.8) is 0 Å². The van der Waals surface area contributed by atoms with E-state index in [4.69, 9.17) is 10.5 Å². The first-order chi connectivity index (χ1) is 6.27. The van der Waals surface area contributed by atoms with Crippen molar-refractivity contribution in [2.45, 2.75) is 18.9 Å². The summed E-state index contributed by atoms with van der Waals surface area (Å²) in [4.78, 5) is 10.9. The molecule has 0 saturated carbocycles. The van der Waals surface area contributed by atoms with Gasteiger partial charge in [0.15, 0.2) is 0 Å². The number of H-pyrrole nitrogens is 1. The molecule has 5 nitrogen and oxygen atoms in total. The standard InChI is InChI=1S/C8H11N3O2/c9-5-4-6(10-11-8(5)12)7-2-1-3-13-7/h4,7H,1-3H2,(H2,9,10)(H,11,12). The van der Waals surface area contributed by atoms with Crippen LogP contribution in [0.4, 0.5) is 5.69 Å². The van der Waals surface area contributed by atoms with Crippen molar-refractivity contribution in [2.24, 2.45) is 0 Å². The Morgan fingerprint density at radius 1 is 1.69 bits per heavy atom. The third kappa shape index (κ3) is 1.55. The van der Waals surface area contributed by atoms with Crippen LogP contribution in [0.2, 0.25) is 0 Å². The van der Waals surface area contributed by atoms with Gasteiger partial charge in [0.2, 0.25) is 0 Å². The fourth-order valence-corrected chi connectivity index (χ4v) is 1.41. The van der Waals surface area contributed by atoms with Crippen LogP contribution < -0.4 is 11.3 Å². The molecule has 0 bridgehead atoms. The Kier molecular flexibility index (Phi) is 2.02. The molecule has 1 aliphatic rings. The Morgan fingerprint density at radius 3 is 3.15 bits per heavy atom. The van der Waals surface area contributed by atoms with E-state index in [1.54, 1.807) is 6.07 Å². The summed E-state index contributed by atoms with van der Waals surface area (Å²) in [6.45, 7) is 0.755. The summed E-state index contributed by atoms with van der Waals surface area (Å²) >= 11 is 0. The Bertz CT molecular complexity index is 355. The van der Waals surface area contributed by atoms with Crippen LogP contribution in [0.5, 0.6) is 0 Å². The van der Waals surface area contributed by atoms with Crippen molar-refractivity contribution in [3.8, 4) is 0 Å². The number of aromatic nitrogens is 2. The lowest BCUT2D eigenvalue weighted by Gasteiger charge is -2.07. The summed E-state index contributed by atoms with van der Waals surface area (Å²) in [5, 5.41) is 6.21. The maximum absolute atomic E-state index is 10.9. The molecular formula is C8H11N3O2. The SMILES string of the molecule is Nc1cc(C2CCCO2)n[nH]c1=O. The number of ether oxygens (including phenoxy) is 1. The number of anilines is 1. The van der Waals surface area contributed by atoms with Gasteiger partial charge in [0, 0.05) is 6.61 Å². The van der Waals surface area contributed by atoms with E-state index >= 15 is 0 Å². The Balaban J connectivity index is 2.30. The van der Waals surface area contributed by atoms with E-state index in [9.17, 15) is 4.79 Å². The van der Waals surface area contributed by atoms with E-state index in [1.807, 2.05) is 0 Å². The molecule has 13 heavy (non-hydrogen) atoms. The Morgan fingerprint density at radius 2 is 2.54 bits per heavy atom. The van der Waals surface area contributed by atoms with Gasteiger partial charge in [0.25, 0.3) is 5.56 Å². The zero-order chi connectivity index (χ0) is 9.26. The molecule has 1 saturated heterocycles. The molecular weight excluding hydrogens is 170 g/mol. The van der Waals surface area contributed by atoms with Crippen LogP contribution in [0.15, 0.2) is 10.9 Å². The lowest BCUT2D eigenvalue weighted by Crippen LogP contribution is -2.15. The normalized spacial score (nSPS) is 22.0. The van der Waals surface area contributed by atoms with Crippen molar-refractivity contribution in [1.82, 2.24) is 10.2 Å². The molecule has 0 radical (unpaired) electrons. The second kappa shape index (κ2) is 3.18. The van der Waals surface area contributed by atoms with Crippen molar-refractivity contribution in [3.05, 3.63) is 22.1 Å². The fraction of sp³-hybridized carbons (Fsp3) is 0.500. The summed E-state index contributed by atoms with van der Waals surface area (Å²) in [6, 6.07) is 1.58. The van der Waals surface area contributed by atoms with Crippen LogP contribution in [0.25, 0.3) is 0 Å². The number of hydrogen-bond acceptors (Lipinski definition) is 4. The molecule has 0 spiro atoms. The first kappa shape index (κ1) is 8.25. The molecule has 1 aliphatic heterocycles. The molecule has 0 aromatic carbocycles. The van der Waals surface area contributed by atoms with Gasteiger partial charge in [-0.1, -0.05) is 0 Å². The van der Waals surface area contributed by atoms with Gasteiger partial charge in [-0.25, -0.2) is 5.10 Å². The quantitative estimate of drug-likeness (QED) is 0.648. The van der Waals surface area contributed by atoms with E-state index in [2.05, 4.69) is 10.2 Å². The first-order valence-electron chi connectivity index (χ1n) is 4.24. The van der Waals surface area contributed by atoms with Crippen LogP contribution in [0.1, 0.15) is 24.6 Å². The van der Waals surface area contributed by atoms with Crippen molar-refractivity contribution < 1.29 is 4.74 Å². The molecule has 5 heteroatoms. The highest BCUT2D eigenvalue weighted by Gasteiger charge is 2.19.